The van der Waals surface area contributed by atoms with Crippen molar-refractivity contribution in [1.29, 1.82) is 0 Å². The quantitative estimate of drug-likeness (QED) is 0.148. The van der Waals surface area contributed by atoms with Gasteiger partial charge in [0, 0.05) is 33.2 Å². The van der Waals surface area contributed by atoms with Crippen LogP contribution in [0.5, 0.6) is 17.2 Å². The third-order valence-corrected chi connectivity index (χ3v) is 11.0. The molecule has 0 aliphatic rings. The van der Waals surface area contributed by atoms with Crippen molar-refractivity contribution in [2.75, 3.05) is 21.3 Å². The summed E-state index contributed by atoms with van der Waals surface area (Å²) in [6, 6.07) is 64.3. The first-order valence-corrected chi connectivity index (χ1v) is 19.0. The van der Waals surface area contributed by atoms with Crippen molar-refractivity contribution in [2.24, 2.45) is 0 Å². The summed E-state index contributed by atoms with van der Waals surface area (Å²) in [5, 5.41) is 3.42. The van der Waals surface area contributed by atoms with Crippen LogP contribution in [0.3, 0.4) is 0 Å². The Balaban J connectivity index is 1.46. The Morgan fingerprint density at radius 3 is 0.772 bits per heavy atom. The van der Waals surface area contributed by atoms with E-state index in [1.807, 2.05) is 36.4 Å². The van der Waals surface area contributed by atoms with Crippen molar-refractivity contribution in [2.45, 2.75) is 0 Å². The fourth-order valence-corrected chi connectivity index (χ4v) is 8.33. The van der Waals surface area contributed by atoms with E-state index in [0.29, 0.717) is 0 Å². The van der Waals surface area contributed by atoms with Crippen LogP contribution in [-0.2, 0) is 0 Å². The minimum atomic E-state index is 0.817. The summed E-state index contributed by atoms with van der Waals surface area (Å²) in [7, 11) is 5.12. The van der Waals surface area contributed by atoms with Crippen LogP contribution in [0.25, 0.3) is 83.5 Å². The third kappa shape index (κ3) is 5.64. The van der Waals surface area contributed by atoms with Crippen LogP contribution in [0.2, 0.25) is 0 Å². The zero-order chi connectivity index (χ0) is 38.5. The molecule has 0 bridgehead atoms. The molecule has 6 nitrogen and oxygen atoms in total. The normalized spacial score (nSPS) is 11.4. The minimum absolute atomic E-state index is 0.817. The first-order valence-electron chi connectivity index (χ1n) is 19.0. The van der Waals surface area contributed by atoms with Gasteiger partial charge >= 0.3 is 0 Å². The fourth-order valence-electron chi connectivity index (χ4n) is 8.33. The number of para-hydroxylation sites is 3. The molecule has 3 heterocycles. The molecule has 0 radical (unpaired) electrons. The third-order valence-electron chi connectivity index (χ3n) is 11.0. The van der Waals surface area contributed by atoms with Crippen molar-refractivity contribution >= 4 is 32.7 Å². The van der Waals surface area contributed by atoms with Crippen LogP contribution in [-0.4, -0.2) is 35.0 Å². The van der Waals surface area contributed by atoms with Gasteiger partial charge in [0.25, 0.3) is 0 Å². The molecule has 6 heteroatoms. The molecular weight excluding hydrogens is 703 g/mol. The van der Waals surface area contributed by atoms with Crippen molar-refractivity contribution in [3.05, 3.63) is 182 Å². The Morgan fingerprint density at radius 1 is 0.298 bits per heavy atom. The van der Waals surface area contributed by atoms with Gasteiger partial charge in [0.15, 0.2) is 0 Å². The van der Waals surface area contributed by atoms with Crippen LogP contribution < -0.4 is 14.2 Å². The molecule has 0 aliphatic heterocycles. The number of ether oxygens (including phenoxy) is 3. The topological polar surface area (TPSA) is 42.5 Å². The Labute approximate surface area is 331 Å². The molecule has 276 valence electrons. The van der Waals surface area contributed by atoms with E-state index in [1.54, 1.807) is 21.3 Å². The van der Waals surface area contributed by atoms with E-state index in [4.69, 9.17) is 14.2 Å². The van der Waals surface area contributed by atoms with Crippen molar-refractivity contribution < 1.29 is 14.2 Å². The molecule has 0 saturated heterocycles. The fraction of sp³-hybridized carbons (Fsp3) is 0.0588. The van der Waals surface area contributed by atoms with Gasteiger partial charge in [-0.15, -0.1) is 0 Å². The first kappa shape index (κ1) is 34.1. The van der Waals surface area contributed by atoms with E-state index < -0.39 is 0 Å². The van der Waals surface area contributed by atoms with Gasteiger partial charge in [-0.25, -0.2) is 0 Å². The molecule has 10 aromatic rings. The summed E-state index contributed by atoms with van der Waals surface area (Å²) >= 11 is 0. The second kappa shape index (κ2) is 14.0. The number of hydrogen-bond acceptors (Lipinski definition) is 3. The first-order chi connectivity index (χ1) is 28.1. The molecule has 0 atom stereocenters. The second-order valence-electron chi connectivity index (χ2n) is 14.1. The SMILES string of the molecule is COc1ccc(-c2cc3c(c4cc(-c5ccc(OC)cc5)n(-c5ccccc5)c4c4cc(-c5ccc(OC)cc5)n(-c5ccccc5)c34)n2-c2ccccc2)cc1. The summed E-state index contributed by atoms with van der Waals surface area (Å²) < 4.78 is 24.1. The van der Waals surface area contributed by atoms with Gasteiger partial charge in [0.2, 0.25) is 0 Å². The molecule has 0 unspecified atom stereocenters. The summed E-state index contributed by atoms with van der Waals surface area (Å²) in [5.41, 5.74) is 13.1. The van der Waals surface area contributed by atoms with Crippen LogP contribution in [0.1, 0.15) is 0 Å². The van der Waals surface area contributed by atoms with E-state index in [9.17, 15) is 0 Å². The molecule has 3 aromatic heterocycles. The van der Waals surface area contributed by atoms with Gasteiger partial charge in [-0.1, -0.05) is 54.6 Å². The van der Waals surface area contributed by atoms with E-state index in [2.05, 4.69) is 159 Å². The molecular formula is C51H39N3O3. The smallest absolute Gasteiger partial charge is 0.118 e. The summed E-state index contributed by atoms with van der Waals surface area (Å²) in [6.45, 7) is 0. The summed E-state index contributed by atoms with van der Waals surface area (Å²) in [6.07, 6.45) is 0. The molecule has 0 spiro atoms. The average Bonchev–Trinajstić information content (AvgIpc) is 4.00. The van der Waals surface area contributed by atoms with Gasteiger partial charge in [-0.2, -0.15) is 0 Å². The highest BCUT2D eigenvalue weighted by atomic mass is 16.5. The largest absolute Gasteiger partial charge is 0.497 e. The Bertz CT molecular complexity index is 2650. The number of rotatable bonds is 9. The van der Waals surface area contributed by atoms with E-state index >= 15 is 0 Å². The summed E-state index contributed by atoms with van der Waals surface area (Å²) in [5.74, 6) is 2.45. The van der Waals surface area contributed by atoms with Crippen LogP contribution >= 0.6 is 0 Å². The molecule has 0 aliphatic carbocycles. The number of benzene rings is 7. The molecule has 0 amide bonds. The molecule has 10 rings (SSSR count). The number of nitrogens with zero attached hydrogens (tertiary/aromatic N) is 3. The lowest BCUT2D eigenvalue weighted by Gasteiger charge is -2.15. The predicted octanol–water partition coefficient (Wildman–Crippen LogP) is 12.5. The van der Waals surface area contributed by atoms with Gasteiger partial charge in [-0.05, 0) is 144 Å². The molecule has 0 N–H and O–H groups in total. The molecule has 0 fully saturated rings. The Morgan fingerprint density at radius 2 is 0.544 bits per heavy atom. The zero-order valence-corrected chi connectivity index (χ0v) is 31.9. The maximum atomic E-state index is 5.60. The van der Waals surface area contributed by atoms with Crippen molar-refractivity contribution in [3.8, 4) is 68.1 Å². The van der Waals surface area contributed by atoms with Gasteiger partial charge in [0.05, 0.1) is 55.0 Å². The van der Waals surface area contributed by atoms with Crippen molar-refractivity contribution in [1.82, 2.24) is 13.7 Å². The maximum absolute atomic E-state index is 5.60. The highest BCUT2D eigenvalue weighted by Crippen LogP contribution is 2.48. The van der Waals surface area contributed by atoms with E-state index in [0.717, 1.165) is 101 Å². The minimum Gasteiger partial charge on any atom is -0.497 e. The van der Waals surface area contributed by atoms with Gasteiger partial charge in [-0.3, -0.25) is 0 Å². The zero-order valence-electron chi connectivity index (χ0n) is 31.9. The van der Waals surface area contributed by atoms with E-state index in [-0.39, 0.29) is 0 Å². The number of hydrogen-bond donors (Lipinski definition) is 0. The molecule has 0 saturated carbocycles. The monoisotopic (exact) mass is 741 g/mol. The average molecular weight is 742 g/mol. The standard InChI is InChI=1S/C51H39N3O3/c1-55-40-25-19-34(20-26-40)46-31-43-49(52(46)37-13-7-4-8-14-37)44-32-47(35-21-27-41(56-2)28-22-35)54(39-17-11-6-12-18-39)51(44)45-33-48(36-23-29-42(57-3)30-24-36)53(50(43)45)38-15-9-5-10-16-38/h4-33H,1-3H3. The predicted molar refractivity (Wildman–Crippen MR) is 233 cm³/mol. The van der Waals surface area contributed by atoms with E-state index in [1.165, 1.54) is 0 Å². The highest BCUT2D eigenvalue weighted by Gasteiger charge is 2.27. The number of methoxy groups -OCH3 is 3. The number of aromatic nitrogens is 3. The summed E-state index contributed by atoms with van der Waals surface area (Å²) in [4.78, 5) is 0. The van der Waals surface area contributed by atoms with Gasteiger partial charge in [0.1, 0.15) is 17.2 Å². The molecule has 57 heavy (non-hydrogen) atoms. The lowest BCUT2D eigenvalue weighted by molar-refractivity contribution is 0.415. The highest BCUT2D eigenvalue weighted by molar-refractivity contribution is 6.27. The maximum Gasteiger partial charge on any atom is 0.118 e. The van der Waals surface area contributed by atoms with Gasteiger partial charge < -0.3 is 27.9 Å². The lowest BCUT2D eigenvalue weighted by Crippen LogP contribution is -2.00. The van der Waals surface area contributed by atoms with Crippen LogP contribution in [0, 0.1) is 0 Å². The number of fused-ring (bicyclic) bond motifs is 6. The lowest BCUT2D eigenvalue weighted by atomic mass is 10.1. The van der Waals surface area contributed by atoms with Crippen LogP contribution in [0.15, 0.2) is 182 Å². The Kier molecular flexibility index (Phi) is 8.37. The molecule has 7 aromatic carbocycles. The second-order valence-corrected chi connectivity index (χ2v) is 14.1. The Hall–Kier alpha value is -7.44. The van der Waals surface area contributed by atoms with Crippen LogP contribution in [0.4, 0.5) is 0 Å². The van der Waals surface area contributed by atoms with Crippen molar-refractivity contribution in [3.63, 3.8) is 0 Å².